The molecular weight excluding hydrogens is 230 g/mol. The lowest BCUT2D eigenvalue weighted by Gasteiger charge is -2.27. The van der Waals surface area contributed by atoms with Gasteiger partial charge in [0.2, 0.25) is 5.91 Å². The highest BCUT2D eigenvalue weighted by Gasteiger charge is 2.18. The molecule has 0 aliphatic carbocycles. The van der Waals surface area contributed by atoms with E-state index in [9.17, 15) is 4.79 Å². The van der Waals surface area contributed by atoms with Gasteiger partial charge in [-0.3, -0.25) is 4.79 Å². The summed E-state index contributed by atoms with van der Waals surface area (Å²) >= 11 is 0. The number of nitriles is 1. The molecule has 0 unspecified atom stereocenters. The molecule has 5 heteroatoms. The highest BCUT2D eigenvalue weighted by molar-refractivity contribution is 5.79. The number of carbonyl (C=O) groups is 1. The summed E-state index contributed by atoms with van der Waals surface area (Å²) < 4.78 is 5.15. The zero-order chi connectivity index (χ0) is 13.0. The quantitative estimate of drug-likeness (QED) is 0.842. The fourth-order valence-electron chi connectivity index (χ4n) is 1.96. The second-order valence-electron chi connectivity index (χ2n) is 4.14. The van der Waals surface area contributed by atoms with Crippen LogP contribution < -0.4 is 10.1 Å². The van der Waals surface area contributed by atoms with E-state index in [0.29, 0.717) is 30.9 Å². The molecule has 1 aromatic rings. The van der Waals surface area contributed by atoms with E-state index < -0.39 is 0 Å². The van der Waals surface area contributed by atoms with Crippen LogP contribution in [-0.2, 0) is 11.3 Å². The third-order valence-electron chi connectivity index (χ3n) is 2.95. The number of hydrogen-bond donors (Lipinski definition) is 1. The van der Waals surface area contributed by atoms with Gasteiger partial charge in [0, 0.05) is 19.6 Å². The molecule has 0 spiro atoms. The summed E-state index contributed by atoms with van der Waals surface area (Å²) in [4.78, 5) is 13.5. The van der Waals surface area contributed by atoms with Crippen molar-refractivity contribution in [3.63, 3.8) is 0 Å². The van der Waals surface area contributed by atoms with Crippen molar-refractivity contribution in [1.29, 1.82) is 5.26 Å². The smallest absolute Gasteiger partial charge is 0.236 e. The zero-order valence-corrected chi connectivity index (χ0v) is 10.3. The molecule has 1 saturated heterocycles. The van der Waals surface area contributed by atoms with Crippen LogP contribution in [0.15, 0.2) is 18.2 Å². The Bertz CT molecular complexity index is 493. The Labute approximate surface area is 106 Å². The molecule has 1 amide bonds. The summed E-state index contributed by atoms with van der Waals surface area (Å²) in [6.45, 7) is 2.48. The maximum absolute atomic E-state index is 11.7. The minimum absolute atomic E-state index is 0.101. The fourth-order valence-corrected chi connectivity index (χ4v) is 1.96. The SMILES string of the molecule is COc1cc(CN2CCNCC2=O)ccc1C#N. The van der Waals surface area contributed by atoms with Crippen molar-refractivity contribution in [3.05, 3.63) is 29.3 Å². The summed E-state index contributed by atoms with van der Waals surface area (Å²) in [5, 5.41) is 11.9. The van der Waals surface area contributed by atoms with E-state index in [2.05, 4.69) is 11.4 Å². The lowest BCUT2D eigenvalue weighted by Crippen LogP contribution is -2.47. The van der Waals surface area contributed by atoms with Gasteiger partial charge in [0.15, 0.2) is 0 Å². The maximum atomic E-state index is 11.7. The van der Waals surface area contributed by atoms with Gasteiger partial charge in [-0.25, -0.2) is 0 Å². The van der Waals surface area contributed by atoms with Gasteiger partial charge in [0.1, 0.15) is 11.8 Å². The molecule has 0 bridgehead atoms. The third-order valence-corrected chi connectivity index (χ3v) is 2.95. The van der Waals surface area contributed by atoms with Gasteiger partial charge in [0.25, 0.3) is 0 Å². The summed E-state index contributed by atoms with van der Waals surface area (Å²) in [5.74, 6) is 0.655. The van der Waals surface area contributed by atoms with Crippen LogP contribution in [0.25, 0.3) is 0 Å². The van der Waals surface area contributed by atoms with Crippen molar-refractivity contribution in [2.45, 2.75) is 6.54 Å². The average molecular weight is 245 g/mol. The number of ether oxygens (including phenoxy) is 1. The molecule has 1 fully saturated rings. The Balaban J connectivity index is 2.14. The number of amides is 1. The number of benzene rings is 1. The first-order valence-corrected chi connectivity index (χ1v) is 5.80. The Kier molecular flexibility index (Phi) is 3.80. The van der Waals surface area contributed by atoms with Gasteiger partial charge < -0.3 is 15.0 Å². The summed E-state index contributed by atoms with van der Waals surface area (Å²) in [5.41, 5.74) is 1.48. The second kappa shape index (κ2) is 5.52. The molecule has 0 aromatic heterocycles. The van der Waals surface area contributed by atoms with E-state index in [1.54, 1.807) is 11.0 Å². The molecule has 5 nitrogen and oxygen atoms in total. The first-order valence-electron chi connectivity index (χ1n) is 5.80. The van der Waals surface area contributed by atoms with Crippen LogP contribution in [0.5, 0.6) is 5.75 Å². The van der Waals surface area contributed by atoms with Crippen LogP contribution in [0.2, 0.25) is 0 Å². The van der Waals surface area contributed by atoms with Crippen molar-refractivity contribution in [2.75, 3.05) is 26.7 Å². The molecule has 18 heavy (non-hydrogen) atoms. The standard InChI is InChI=1S/C13H15N3O2/c1-18-12-6-10(2-3-11(12)7-14)9-16-5-4-15-8-13(16)17/h2-3,6,15H,4-5,8-9H2,1H3. The predicted octanol–water partition coefficient (Wildman–Crippen LogP) is 0.499. The van der Waals surface area contributed by atoms with E-state index in [0.717, 1.165) is 12.1 Å². The van der Waals surface area contributed by atoms with Crippen LogP contribution in [0.4, 0.5) is 0 Å². The number of nitrogens with zero attached hydrogens (tertiary/aromatic N) is 2. The van der Waals surface area contributed by atoms with Crippen molar-refractivity contribution in [3.8, 4) is 11.8 Å². The number of nitrogens with one attached hydrogen (secondary N) is 1. The van der Waals surface area contributed by atoms with Gasteiger partial charge in [-0.1, -0.05) is 6.07 Å². The fraction of sp³-hybridized carbons (Fsp3) is 0.385. The normalized spacial score (nSPS) is 15.3. The van der Waals surface area contributed by atoms with E-state index in [4.69, 9.17) is 10.00 Å². The van der Waals surface area contributed by atoms with E-state index >= 15 is 0 Å². The van der Waals surface area contributed by atoms with E-state index in [1.165, 1.54) is 7.11 Å². The lowest BCUT2D eigenvalue weighted by atomic mass is 10.1. The van der Waals surface area contributed by atoms with Crippen LogP contribution in [0.1, 0.15) is 11.1 Å². The van der Waals surface area contributed by atoms with Crippen LogP contribution in [-0.4, -0.2) is 37.6 Å². The predicted molar refractivity (Wildman–Crippen MR) is 66.0 cm³/mol. The Hall–Kier alpha value is -2.06. The molecule has 0 atom stereocenters. The van der Waals surface area contributed by atoms with Crippen molar-refractivity contribution < 1.29 is 9.53 Å². The number of methoxy groups -OCH3 is 1. The van der Waals surface area contributed by atoms with Gasteiger partial charge in [-0.15, -0.1) is 0 Å². The summed E-state index contributed by atoms with van der Waals surface area (Å²) in [6.07, 6.45) is 0. The molecule has 1 N–H and O–H groups in total. The van der Waals surface area contributed by atoms with Crippen LogP contribution in [0.3, 0.4) is 0 Å². The molecule has 1 aliphatic rings. The van der Waals surface area contributed by atoms with Crippen molar-refractivity contribution in [2.24, 2.45) is 0 Å². The molecular formula is C13H15N3O2. The zero-order valence-electron chi connectivity index (χ0n) is 10.3. The molecule has 1 aliphatic heterocycles. The Morgan fingerprint density at radius 1 is 1.56 bits per heavy atom. The first-order chi connectivity index (χ1) is 8.74. The monoisotopic (exact) mass is 245 g/mol. The van der Waals surface area contributed by atoms with Gasteiger partial charge in [-0.05, 0) is 17.7 Å². The van der Waals surface area contributed by atoms with E-state index in [1.807, 2.05) is 12.1 Å². The minimum atomic E-state index is 0.101. The molecule has 2 rings (SSSR count). The van der Waals surface area contributed by atoms with Crippen molar-refractivity contribution in [1.82, 2.24) is 10.2 Å². The summed E-state index contributed by atoms with van der Waals surface area (Å²) in [7, 11) is 1.54. The molecule has 94 valence electrons. The number of rotatable bonds is 3. The second-order valence-corrected chi connectivity index (χ2v) is 4.14. The molecule has 0 saturated carbocycles. The van der Waals surface area contributed by atoms with Gasteiger partial charge >= 0.3 is 0 Å². The maximum Gasteiger partial charge on any atom is 0.236 e. The number of carbonyl (C=O) groups excluding carboxylic acids is 1. The van der Waals surface area contributed by atoms with Crippen LogP contribution in [0, 0.1) is 11.3 Å². The molecule has 1 heterocycles. The van der Waals surface area contributed by atoms with Gasteiger partial charge in [0.05, 0.1) is 19.2 Å². The van der Waals surface area contributed by atoms with Crippen molar-refractivity contribution >= 4 is 5.91 Å². The Morgan fingerprint density at radius 2 is 2.39 bits per heavy atom. The Morgan fingerprint density at radius 3 is 3.06 bits per heavy atom. The lowest BCUT2D eigenvalue weighted by molar-refractivity contribution is -0.132. The highest BCUT2D eigenvalue weighted by Crippen LogP contribution is 2.20. The van der Waals surface area contributed by atoms with E-state index in [-0.39, 0.29) is 5.91 Å². The summed E-state index contributed by atoms with van der Waals surface area (Å²) in [6, 6.07) is 7.46. The highest BCUT2D eigenvalue weighted by atomic mass is 16.5. The van der Waals surface area contributed by atoms with Crippen LogP contribution >= 0.6 is 0 Å². The topological polar surface area (TPSA) is 65.4 Å². The minimum Gasteiger partial charge on any atom is -0.495 e. The largest absolute Gasteiger partial charge is 0.495 e. The average Bonchev–Trinajstić information content (AvgIpc) is 2.41. The number of hydrogen-bond acceptors (Lipinski definition) is 4. The third kappa shape index (κ3) is 2.60. The molecule has 0 radical (unpaired) electrons. The number of piperazine rings is 1. The molecule has 1 aromatic carbocycles. The van der Waals surface area contributed by atoms with Gasteiger partial charge in [-0.2, -0.15) is 5.26 Å². The first kappa shape index (κ1) is 12.4.